The molecule has 1 aromatic carbocycles. The molecule has 112 valence electrons. The lowest BCUT2D eigenvalue weighted by atomic mass is 10.0. The first-order valence-corrected chi connectivity index (χ1v) is 7.31. The van der Waals surface area contributed by atoms with E-state index in [2.05, 4.69) is 15.9 Å². The summed E-state index contributed by atoms with van der Waals surface area (Å²) in [6, 6.07) is 4.09. The topological polar surface area (TPSA) is 23.5 Å². The van der Waals surface area contributed by atoms with E-state index in [1.807, 2.05) is 0 Å². The lowest BCUT2D eigenvalue weighted by molar-refractivity contribution is -0.137. The maximum Gasteiger partial charge on any atom is 0.418 e. The molecule has 0 aliphatic heterocycles. The zero-order valence-corrected chi connectivity index (χ0v) is 12.8. The Labute approximate surface area is 124 Å². The van der Waals surface area contributed by atoms with Crippen molar-refractivity contribution in [1.29, 1.82) is 0 Å². The van der Waals surface area contributed by atoms with E-state index >= 15 is 0 Å². The molecule has 1 aliphatic rings. The van der Waals surface area contributed by atoms with Crippen molar-refractivity contribution in [3.63, 3.8) is 0 Å². The van der Waals surface area contributed by atoms with Crippen molar-refractivity contribution in [2.45, 2.75) is 37.5 Å². The van der Waals surface area contributed by atoms with E-state index in [1.165, 1.54) is 11.0 Å². The van der Waals surface area contributed by atoms with E-state index in [0.717, 1.165) is 18.9 Å². The number of aliphatic hydroxyl groups is 1. The molecule has 0 unspecified atom stereocenters. The predicted molar refractivity (Wildman–Crippen MR) is 75.8 cm³/mol. The van der Waals surface area contributed by atoms with Crippen molar-refractivity contribution in [3.05, 3.63) is 28.2 Å². The molecule has 2 rings (SSSR count). The highest BCUT2D eigenvalue weighted by Gasteiger charge is 2.37. The number of rotatable bonds is 3. The van der Waals surface area contributed by atoms with Gasteiger partial charge in [-0.25, -0.2) is 0 Å². The van der Waals surface area contributed by atoms with Gasteiger partial charge in [0.2, 0.25) is 0 Å². The summed E-state index contributed by atoms with van der Waals surface area (Å²) in [5.74, 6) is 0. The van der Waals surface area contributed by atoms with Crippen LogP contribution in [0.5, 0.6) is 0 Å². The van der Waals surface area contributed by atoms with Crippen LogP contribution < -0.4 is 4.90 Å². The van der Waals surface area contributed by atoms with Gasteiger partial charge >= 0.3 is 6.18 Å². The van der Waals surface area contributed by atoms with E-state index in [1.54, 1.807) is 13.1 Å². The van der Waals surface area contributed by atoms with Crippen LogP contribution in [0.2, 0.25) is 0 Å². The number of halogens is 4. The minimum absolute atomic E-state index is 0.0982. The Morgan fingerprint density at radius 1 is 1.30 bits per heavy atom. The zero-order valence-electron chi connectivity index (χ0n) is 11.2. The molecule has 0 amide bonds. The third kappa shape index (κ3) is 3.47. The van der Waals surface area contributed by atoms with E-state index in [4.69, 9.17) is 0 Å². The highest BCUT2D eigenvalue weighted by Crippen LogP contribution is 2.39. The van der Waals surface area contributed by atoms with Crippen molar-refractivity contribution < 1.29 is 18.3 Å². The number of hydrogen-bond donors (Lipinski definition) is 1. The molecule has 1 aliphatic carbocycles. The SMILES string of the molecule is CN(CC1(O)CCCC1)c1ccc(Br)cc1C(F)(F)F. The van der Waals surface area contributed by atoms with Crippen molar-refractivity contribution in [2.24, 2.45) is 0 Å². The highest BCUT2D eigenvalue weighted by atomic mass is 79.9. The lowest BCUT2D eigenvalue weighted by Gasteiger charge is -2.31. The van der Waals surface area contributed by atoms with Gasteiger partial charge in [0.05, 0.1) is 11.2 Å². The molecule has 1 fully saturated rings. The van der Waals surface area contributed by atoms with Gasteiger partial charge in [0.15, 0.2) is 0 Å². The fourth-order valence-corrected chi connectivity index (χ4v) is 3.15. The van der Waals surface area contributed by atoms with Crippen LogP contribution in [0, 0.1) is 0 Å². The Morgan fingerprint density at radius 3 is 2.45 bits per heavy atom. The molecule has 20 heavy (non-hydrogen) atoms. The van der Waals surface area contributed by atoms with E-state index in [9.17, 15) is 18.3 Å². The first-order chi connectivity index (χ1) is 9.21. The largest absolute Gasteiger partial charge is 0.418 e. The lowest BCUT2D eigenvalue weighted by Crippen LogP contribution is -2.39. The molecule has 2 nitrogen and oxygen atoms in total. The highest BCUT2D eigenvalue weighted by molar-refractivity contribution is 9.10. The fraction of sp³-hybridized carbons (Fsp3) is 0.571. The van der Waals surface area contributed by atoms with Gasteiger partial charge in [-0.1, -0.05) is 28.8 Å². The van der Waals surface area contributed by atoms with Gasteiger partial charge in [-0.05, 0) is 31.0 Å². The Hall–Kier alpha value is -0.750. The van der Waals surface area contributed by atoms with E-state index in [-0.39, 0.29) is 12.2 Å². The van der Waals surface area contributed by atoms with Crippen LogP contribution >= 0.6 is 15.9 Å². The molecule has 0 saturated heterocycles. The molecule has 0 aromatic heterocycles. The Kier molecular flexibility index (Phi) is 4.35. The molecule has 0 bridgehead atoms. The Balaban J connectivity index is 2.27. The molecule has 0 atom stereocenters. The summed E-state index contributed by atoms with van der Waals surface area (Å²) >= 11 is 3.07. The Bertz CT molecular complexity index is 484. The standard InChI is InChI=1S/C14H17BrF3NO/c1-19(9-13(20)6-2-3-7-13)12-5-4-10(15)8-11(12)14(16,17)18/h4-5,8,20H,2-3,6-7,9H2,1H3. The van der Waals surface area contributed by atoms with Crippen LogP contribution in [0.3, 0.4) is 0 Å². The molecule has 0 radical (unpaired) electrons. The second-order valence-corrected chi connectivity index (χ2v) is 6.36. The van der Waals surface area contributed by atoms with Gasteiger partial charge in [-0.3, -0.25) is 0 Å². The number of hydrogen-bond acceptors (Lipinski definition) is 2. The van der Waals surface area contributed by atoms with Gasteiger partial charge in [0.25, 0.3) is 0 Å². The quantitative estimate of drug-likeness (QED) is 0.881. The zero-order chi connectivity index (χ0) is 15.0. The maximum absolute atomic E-state index is 13.1. The molecular weight excluding hydrogens is 335 g/mol. The summed E-state index contributed by atoms with van der Waals surface area (Å²) in [7, 11) is 1.59. The van der Waals surface area contributed by atoms with Crippen molar-refractivity contribution in [2.75, 3.05) is 18.5 Å². The molecule has 0 spiro atoms. The second-order valence-electron chi connectivity index (χ2n) is 5.45. The number of anilines is 1. The number of likely N-dealkylation sites (N-methyl/N-ethyl adjacent to an activating group) is 1. The van der Waals surface area contributed by atoms with Crippen molar-refractivity contribution in [1.82, 2.24) is 0 Å². The normalized spacial score (nSPS) is 18.3. The van der Waals surface area contributed by atoms with Crippen molar-refractivity contribution in [3.8, 4) is 0 Å². The molecule has 0 heterocycles. The summed E-state index contributed by atoms with van der Waals surface area (Å²) in [6.07, 6.45) is -1.26. The molecule has 6 heteroatoms. The van der Waals surface area contributed by atoms with Gasteiger partial charge in [-0.15, -0.1) is 0 Å². The summed E-state index contributed by atoms with van der Waals surface area (Å²) < 4.78 is 39.7. The second kappa shape index (κ2) is 5.56. The number of alkyl halides is 3. The Morgan fingerprint density at radius 2 is 1.90 bits per heavy atom. The molecular formula is C14H17BrF3NO. The number of nitrogens with zero attached hydrogens (tertiary/aromatic N) is 1. The maximum atomic E-state index is 13.1. The fourth-order valence-electron chi connectivity index (χ4n) is 2.79. The monoisotopic (exact) mass is 351 g/mol. The summed E-state index contributed by atoms with van der Waals surface area (Å²) in [6.45, 7) is 0.220. The average molecular weight is 352 g/mol. The van der Waals surface area contributed by atoms with Crippen LogP contribution in [0.25, 0.3) is 0 Å². The molecule has 1 aromatic rings. The van der Waals surface area contributed by atoms with Crippen molar-refractivity contribution >= 4 is 21.6 Å². The first kappa shape index (κ1) is 15.6. The van der Waals surface area contributed by atoms with Gasteiger partial charge in [0.1, 0.15) is 0 Å². The molecule has 1 N–H and O–H groups in total. The third-order valence-electron chi connectivity index (χ3n) is 3.74. The minimum Gasteiger partial charge on any atom is -0.388 e. The minimum atomic E-state index is -4.41. The van der Waals surface area contributed by atoms with Gasteiger partial charge < -0.3 is 10.0 Å². The van der Waals surface area contributed by atoms with E-state index in [0.29, 0.717) is 17.3 Å². The van der Waals surface area contributed by atoms with Crippen LogP contribution in [0.4, 0.5) is 18.9 Å². The third-order valence-corrected chi connectivity index (χ3v) is 4.23. The number of benzene rings is 1. The predicted octanol–water partition coefficient (Wildman–Crippen LogP) is 4.21. The van der Waals surface area contributed by atoms with Crippen LogP contribution in [-0.2, 0) is 6.18 Å². The summed E-state index contributed by atoms with van der Waals surface area (Å²) in [5.41, 5.74) is -1.46. The smallest absolute Gasteiger partial charge is 0.388 e. The van der Waals surface area contributed by atoms with Crippen LogP contribution in [-0.4, -0.2) is 24.3 Å². The summed E-state index contributed by atoms with van der Waals surface area (Å²) in [4.78, 5) is 1.50. The van der Waals surface area contributed by atoms with Gasteiger partial charge in [0, 0.05) is 23.8 Å². The molecule has 1 saturated carbocycles. The average Bonchev–Trinajstić information content (AvgIpc) is 2.74. The van der Waals surface area contributed by atoms with E-state index < -0.39 is 17.3 Å². The summed E-state index contributed by atoms with van der Waals surface area (Å²) in [5, 5.41) is 10.3. The first-order valence-electron chi connectivity index (χ1n) is 6.52. The van der Waals surface area contributed by atoms with Crippen LogP contribution in [0.15, 0.2) is 22.7 Å². The van der Waals surface area contributed by atoms with Gasteiger partial charge in [-0.2, -0.15) is 13.2 Å². The van der Waals surface area contributed by atoms with Crippen LogP contribution in [0.1, 0.15) is 31.2 Å².